The van der Waals surface area contributed by atoms with Crippen LogP contribution in [0.3, 0.4) is 0 Å². The smallest absolute Gasteiger partial charge is 0.417 e. The Morgan fingerprint density at radius 2 is 1.91 bits per heavy atom. The fraction of sp³-hybridized carbons (Fsp3) is 0.182. The van der Waals surface area contributed by atoms with E-state index in [1.165, 1.54) is 12.2 Å². The van der Waals surface area contributed by atoms with E-state index in [1.54, 1.807) is 0 Å². The number of carbonyl (C=O) groups excluding carboxylic acids is 2. The van der Waals surface area contributed by atoms with Gasteiger partial charge in [0.2, 0.25) is 0 Å². The van der Waals surface area contributed by atoms with E-state index >= 15 is 0 Å². The summed E-state index contributed by atoms with van der Waals surface area (Å²) in [7, 11) is 0. The van der Waals surface area contributed by atoms with Crippen molar-refractivity contribution in [3.63, 3.8) is 0 Å². The molecule has 2 aromatic rings. The summed E-state index contributed by atoms with van der Waals surface area (Å²) in [5, 5.41) is 16.1. The van der Waals surface area contributed by atoms with E-state index in [2.05, 4.69) is 10.2 Å². The highest BCUT2D eigenvalue weighted by Gasteiger charge is 2.55. The zero-order chi connectivity index (χ0) is 24.1. The molecule has 2 aliphatic rings. The summed E-state index contributed by atoms with van der Waals surface area (Å²) in [4.78, 5) is 38.1. The summed E-state index contributed by atoms with van der Waals surface area (Å²) in [5.74, 6) is -4.79. The average Bonchev–Trinajstić information content (AvgIpc) is 3.14. The number of benzene rings is 1. The van der Waals surface area contributed by atoms with Crippen LogP contribution in [0.15, 0.2) is 42.3 Å². The minimum atomic E-state index is -5.04. The van der Waals surface area contributed by atoms with Gasteiger partial charge < -0.3 is 5.11 Å². The average molecular weight is 481 g/mol. The van der Waals surface area contributed by atoms with E-state index in [1.807, 2.05) is 0 Å². The number of rotatable bonds is 4. The number of nitrogens with zero attached hydrogens (tertiary/aromatic N) is 1. The van der Waals surface area contributed by atoms with Crippen LogP contribution in [0.4, 0.5) is 17.6 Å². The van der Waals surface area contributed by atoms with E-state index in [0.717, 1.165) is 24.3 Å². The first-order valence-corrected chi connectivity index (χ1v) is 9.84. The number of nitrogens with one attached hydrogen (secondary N) is 1. The Hall–Kier alpha value is -3.53. The molecular formula is C22H13ClF4N2O4. The summed E-state index contributed by atoms with van der Waals surface area (Å²) in [6.07, 6.45) is -1.72. The van der Waals surface area contributed by atoms with Gasteiger partial charge in [0.05, 0.1) is 22.0 Å². The molecule has 6 nitrogen and oxygen atoms in total. The van der Waals surface area contributed by atoms with Crippen molar-refractivity contribution in [3.05, 3.63) is 75.4 Å². The van der Waals surface area contributed by atoms with Crippen molar-refractivity contribution in [2.24, 2.45) is 5.41 Å². The van der Waals surface area contributed by atoms with Gasteiger partial charge >= 0.3 is 12.1 Å². The molecule has 1 atom stereocenters. The molecule has 2 N–H and O–H groups in total. The SMILES string of the molecule is O=C1C=Cc2[nH]nc(C3=CC=C(F)CC3(C(=O)O)C(=O)c3c(Cl)cccc3C(F)(F)F)c2C1. The molecule has 0 fully saturated rings. The number of hydrogen-bond donors (Lipinski definition) is 2. The number of carboxylic acids is 1. The Morgan fingerprint density at radius 3 is 2.58 bits per heavy atom. The lowest BCUT2D eigenvalue weighted by molar-refractivity contribution is -0.144. The number of aromatic nitrogens is 2. The predicted molar refractivity (Wildman–Crippen MR) is 109 cm³/mol. The number of allylic oxidation sites excluding steroid dienone is 4. The summed E-state index contributed by atoms with van der Waals surface area (Å²) in [6, 6.07) is 2.57. The third-order valence-electron chi connectivity index (χ3n) is 5.56. The van der Waals surface area contributed by atoms with Crippen molar-refractivity contribution >= 4 is 40.8 Å². The van der Waals surface area contributed by atoms with Crippen molar-refractivity contribution in [3.8, 4) is 0 Å². The number of aliphatic carboxylic acids is 1. The molecule has 0 amide bonds. The minimum absolute atomic E-state index is 0.122. The number of H-pyrrole nitrogens is 1. The number of aromatic amines is 1. The van der Waals surface area contributed by atoms with Crippen molar-refractivity contribution in [1.29, 1.82) is 0 Å². The molecule has 33 heavy (non-hydrogen) atoms. The minimum Gasteiger partial charge on any atom is -0.480 e. The van der Waals surface area contributed by atoms with E-state index in [0.29, 0.717) is 11.8 Å². The summed E-state index contributed by atoms with van der Waals surface area (Å²) >= 11 is 5.94. The lowest BCUT2D eigenvalue weighted by atomic mass is 9.67. The predicted octanol–water partition coefficient (Wildman–Crippen LogP) is 4.81. The molecule has 0 aliphatic heterocycles. The quantitative estimate of drug-likeness (QED) is 0.371. The molecule has 0 spiro atoms. The molecule has 2 aliphatic carbocycles. The maximum Gasteiger partial charge on any atom is 0.417 e. The van der Waals surface area contributed by atoms with Gasteiger partial charge in [0.25, 0.3) is 0 Å². The van der Waals surface area contributed by atoms with E-state index < -0.39 is 51.7 Å². The number of fused-ring (bicyclic) bond motifs is 1. The van der Waals surface area contributed by atoms with Crippen molar-refractivity contribution < 1.29 is 37.1 Å². The van der Waals surface area contributed by atoms with Gasteiger partial charge in [0.15, 0.2) is 17.0 Å². The molecule has 0 saturated carbocycles. The van der Waals surface area contributed by atoms with Crippen LogP contribution in [-0.2, 0) is 22.2 Å². The monoisotopic (exact) mass is 480 g/mol. The van der Waals surface area contributed by atoms with Gasteiger partial charge in [-0.05, 0) is 30.4 Å². The van der Waals surface area contributed by atoms with Crippen LogP contribution in [0.2, 0.25) is 5.02 Å². The van der Waals surface area contributed by atoms with Crippen LogP contribution in [0.1, 0.15) is 39.3 Å². The second-order valence-electron chi connectivity index (χ2n) is 7.51. The summed E-state index contributed by atoms with van der Waals surface area (Å²) in [6.45, 7) is 0. The van der Waals surface area contributed by atoms with E-state index in [4.69, 9.17) is 11.6 Å². The van der Waals surface area contributed by atoms with Crippen LogP contribution in [0.5, 0.6) is 0 Å². The highest BCUT2D eigenvalue weighted by Crippen LogP contribution is 2.49. The summed E-state index contributed by atoms with van der Waals surface area (Å²) < 4.78 is 55.4. The molecule has 11 heteroatoms. The van der Waals surface area contributed by atoms with Gasteiger partial charge in [0, 0.05) is 29.5 Å². The second-order valence-corrected chi connectivity index (χ2v) is 7.92. The van der Waals surface area contributed by atoms with Crippen LogP contribution in [0, 0.1) is 5.41 Å². The normalized spacial score (nSPS) is 20.2. The largest absolute Gasteiger partial charge is 0.480 e. The molecule has 1 unspecified atom stereocenters. The number of halogens is 5. The lowest BCUT2D eigenvalue weighted by Gasteiger charge is -2.33. The molecular weight excluding hydrogens is 468 g/mol. The van der Waals surface area contributed by atoms with Gasteiger partial charge in [-0.2, -0.15) is 18.3 Å². The molecule has 4 rings (SSSR count). The third kappa shape index (κ3) is 3.60. The Morgan fingerprint density at radius 1 is 1.18 bits per heavy atom. The first-order valence-electron chi connectivity index (χ1n) is 9.46. The third-order valence-corrected chi connectivity index (χ3v) is 5.88. The Labute approximate surface area is 188 Å². The highest BCUT2D eigenvalue weighted by atomic mass is 35.5. The molecule has 1 aromatic carbocycles. The maximum absolute atomic E-state index is 14.4. The topological polar surface area (TPSA) is 100 Å². The van der Waals surface area contributed by atoms with Gasteiger partial charge in [-0.3, -0.25) is 19.5 Å². The van der Waals surface area contributed by atoms with E-state index in [-0.39, 0.29) is 29.0 Å². The Bertz CT molecular complexity index is 1310. The number of hydrogen-bond acceptors (Lipinski definition) is 4. The molecule has 170 valence electrons. The number of carbonyl (C=O) groups is 3. The molecule has 0 bridgehead atoms. The van der Waals surface area contributed by atoms with Gasteiger partial charge in [-0.1, -0.05) is 23.7 Å². The first-order chi connectivity index (χ1) is 15.5. The molecule has 1 aromatic heterocycles. The number of Topliss-reactive ketones (excluding diaryl/α,β-unsaturated/α-hetero) is 1. The molecule has 0 saturated heterocycles. The van der Waals surface area contributed by atoms with Crippen LogP contribution in [-0.4, -0.2) is 32.8 Å². The van der Waals surface area contributed by atoms with Crippen LogP contribution >= 0.6 is 11.6 Å². The Kier molecular flexibility index (Phi) is 5.36. The van der Waals surface area contributed by atoms with Crippen LogP contribution < -0.4 is 0 Å². The first kappa shape index (κ1) is 22.7. The number of carboxylic acid groups (broad SMARTS) is 1. The van der Waals surface area contributed by atoms with Crippen molar-refractivity contribution in [2.75, 3.05) is 0 Å². The zero-order valence-corrected chi connectivity index (χ0v) is 17.2. The summed E-state index contributed by atoms with van der Waals surface area (Å²) in [5.41, 5.74) is -5.21. The van der Waals surface area contributed by atoms with E-state index in [9.17, 15) is 37.1 Å². The maximum atomic E-state index is 14.4. The highest BCUT2D eigenvalue weighted by molar-refractivity contribution is 6.36. The molecule has 0 radical (unpaired) electrons. The Balaban J connectivity index is 1.99. The fourth-order valence-electron chi connectivity index (χ4n) is 4.03. The van der Waals surface area contributed by atoms with Gasteiger partial charge in [0.1, 0.15) is 5.83 Å². The van der Waals surface area contributed by atoms with Gasteiger partial charge in [-0.25, -0.2) is 4.39 Å². The standard InChI is InChI=1S/C22H13ClF4N2O4/c23-15-3-1-2-13(22(25,26)27)17(15)19(31)21(20(32)33)9-10(24)4-6-14(21)18-12-8-11(30)5-7-16(12)28-29-18/h1-7H,8-9H2,(H,28,29)(H,32,33). The molecule has 1 heterocycles. The number of alkyl halides is 3. The van der Waals surface area contributed by atoms with Crippen molar-refractivity contribution in [2.45, 2.75) is 19.0 Å². The number of ketones is 2. The second kappa shape index (κ2) is 7.80. The van der Waals surface area contributed by atoms with Gasteiger partial charge in [-0.15, -0.1) is 0 Å². The van der Waals surface area contributed by atoms with Crippen molar-refractivity contribution in [1.82, 2.24) is 10.2 Å². The fourth-order valence-corrected chi connectivity index (χ4v) is 4.29. The zero-order valence-electron chi connectivity index (χ0n) is 16.5. The van der Waals surface area contributed by atoms with Crippen LogP contribution in [0.25, 0.3) is 11.6 Å². The lowest BCUT2D eigenvalue weighted by Crippen LogP contribution is -2.43.